The molecule has 1 aromatic heterocycles. The third kappa shape index (κ3) is 4.71. The first kappa shape index (κ1) is 20.1. The fourth-order valence-electron chi connectivity index (χ4n) is 2.34. The minimum absolute atomic E-state index is 0.115. The van der Waals surface area contributed by atoms with Gasteiger partial charge in [0.15, 0.2) is 0 Å². The lowest BCUT2D eigenvalue weighted by atomic mass is 10.2. The summed E-state index contributed by atoms with van der Waals surface area (Å²) in [6.07, 6.45) is 1.25. The van der Waals surface area contributed by atoms with Crippen molar-refractivity contribution < 1.29 is 18.0 Å². The Morgan fingerprint density at radius 2 is 1.96 bits per heavy atom. The van der Waals surface area contributed by atoms with E-state index in [4.69, 9.17) is 5.14 Å². The molecule has 0 saturated carbocycles. The summed E-state index contributed by atoms with van der Waals surface area (Å²) < 4.78 is 25.1. The van der Waals surface area contributed by atoms with Crippen molar-refractivity contribution in [2.24, 2.45) is 12.2 Å². The van der Waals surface area contributed by atoms with Gasteiger partial charge in [-0.1, -0.05) is 15.9 Å². The number of aryl methyl sites for hydroxylation is 2. The second-order valence-electron chi connectivity index (χ2n) is 5.89. The number of nitrogens with two attached hydrogens (primary N) is 1. The minimum Gasteiger partial charge on any atom is -0.345 e. The highest BCUT2D eigenvalue weighted by Gasteiger charge is 2.21. The molecule has 26 heavy (non-hydrogen) atoms. The average molecular weight is 443 g/mol. The Kier molecular flexibility index (Phi) is 5.89. The van der Waals surface area contributed by atoms with E-state index >= 15 is 0 Å². The van der Waals surface area contributed by atoms with E-state index in [1.54, 1.807) is 12.1 Å². The highest BCUT2D eigenvalue weighted by molar-refractivity contribution is 9.10. The summed E-state index contributed by atoms with van der Waals surface area (Å²) in [6, 6.07) is 6.61. The molecule has 1 heterocycles. The molecule has 0 spiro atoms. The van der Waals surface area contributed by atoms with Gasteiger partial charge >= 0.3 is 0 Å². The third-order valence-corrected chi connectivity index (χ3v) is 5.09. The van der Waals surface area contributed by atoms with Crippen molar-refractivity contribution in [2.75, 3.05) is 18.9 Å². The van der Waals surface area contributed by atoms with Gasteiger partial charge in [0.1, 0.15) is 10.6 Å². The Balaban J connectivity index is 2.09. The minimum atomic E-state index is -3.91. The second-order valence-corrected chi connectivity index (χ2v) is 8.36. The number of carbonyl (C=O) groups excluding carboxylic acids is 2. The first-order chi connectivity index (χ1) is 12.0. The molecule has 0 atom stereocenters. The summed E-state index contributed by atoms with van der Waals surface area (Å²) in [5, 5.41) is 7.82. The number of nitrogens with zero attached hydrogens (tertiary/aromatic N) is 2. The van der Waals surface area contributed by atoms with Gasteiger partial charge in [0.2, 0.25) is 15.9 Å². The molecule has 0 saturated heterocycles. The van der Waals surface area contributed by atoms with Gasteiger partial charge in [-0.15, -0.1) is 0 Å². The van der Waals surface area contributed by atoms with Gasteiger partial charge in [-0.05, 0) is 36.8 Å². The van der Waals surface area contributed by atoms with E-state index in [0.29, 0.717) is 5.69 Å². The zero-order valence-corrected chi connectivity index (χ0v) is 16.9. The van der Waals surface area contributed by atoms with E-state index < -0.39 is 15.9 Å². The summed E-state index contributed by atoms with van der Waals surface area (Å²) in [4.78, 5) is 25.7. The lowest BCUT2D eigenvalue weighted by Gasteiger charge is -2.17. The first-order valence-electron chi connectivity index (χ1n) is 7.49. The van der Waals surface area contributed by atoms with Gasteiger partial charge in [0.25, 0.3) is 5.91 Å². The number of carbonyl (C=O) groups is 2. The van der Waals surface area contributed by atoms with Crippen molar-refractivity contribution in [1.29, 1.82) is 0 Å². The maximum absolute atomic E-state index is 12.5. The van der Waals surface area contributed by atoms with E-state index in [-0.39, 0.29) is 23.0 Å². The van der Waals surface area contributed by atoms with Gasteiger partial charge in [0, 0.05) is 30.5 Å². The van der Waals surface area contributed by atoms with Crippen LogP contribution in [0.2, 0.25) is 0 Å². The molecule has 140 valence electrons. The molecule has 3 N–H and O–H groups in total. The third-order valence-electron chi connectivity index (χ3n) is 3.72. The van der Waals surface area contributed by atoms with Crippen molar-refractivity contribution in [3.8, 4) is 0 Å². The zero-order valence-electron chi connectivity index (χ0n) is 14.5. The molecule has 0 aliphatic heterocycles. The van der Waals surface area contributed by atoms with Gasteiger partial charge in [0.05, 0.1) is 6.54 Å². The van der Waals surface area contributed by atoms with Crippen LogP contribution < -0.4 is 10.5 Å². The van der Waals surface area contributed by atoms with Crippen LogP contribution in [0.3, 0.4) is 0 Å². The summed E-state index contributed by atoms with van der Waals surface area (Å²) >= 11 is 3.35. The lowest BCUT2D eigenvalue weighted by molar-refractivity contribution is -0.116. The summed E-state index contributed by atoms with van der Waals surface area (Å²) in [6.45, 7) is 1.66. The number of likely N-dealkylation sites (N-methyl/N-ethyl adjacent to an activating group) is 1. The van der Waals surface area contributed by atoms with Crippen LogP contribution in [0.15, 0.2) is 39.8 Å². The molecule has 0 aliphatic carbocycles. The monoisotopic (exact) mass is 442 g/mol. The smallest absolute Gasteiger partial charge is 0.270 e. The van der Waals surface area contributed by atoms with Crippen LogP contribution in [0.5, 0.6) is 0 Å². The van der Waals surface area contributed by atoms with Gasteiger partial charge in [-0.2, -0.15) is 0 Å². The van der Waals surface area contributed by atoms with Crippen LogP contribution in [0.25, 0.3) is 0 Å². The fraction of sp³-hybridized carbons (Fsp3) is 0.250. The summed E-state index contributed by atoms with van der Waals surface area (Å²) in [5.74, 6) is -0.864. The number of halogens is 1. The molecule has 0 bridgehead atoms. The molecule has 8 nitrogen and oxygen atoms in total. The maximum atomic E-state index is 12.5. The predicted molar refractivity (Wildman–Crippen MR) is 101 cm³/mol. The number of hydrogen-bond acceptors (Lipinski definition) is 4. The Bertz CT molecular complexity index is 969. The van der Waals surface area contributed by atoms with Crippen LogP contribution in [-0.4, -0.2) is 43.3 Å². The topological polar surface area (TPSA) is 114 Å². The van der Waals surface area contributed by atoms with Crippen molar-refractivity contribution in [3.05, 3.63) is 46.2 Å². The lowest BCUT2D eigenvalue weighted by Crippen LogP contribution is -2.35. The molecular weight excluding hydrogens is 424 g/mol. The maximum Gasteiger partial charge on any atom is 0.270 e. The van der Waals surface area contributed by atoms with Crippen LogP contribution in [0.1, 0.15) is 16.1 Å². The number of aromatic nitrogens is 1. The van der Waals surface area contributed by atoms with Gasteiger partial charge < -0.3 is 14.8 Å². The number of anilines is 1. The number of rotatable bonds is 5. The quantitative estimate of drug-likeness (QED) is 0.728. The molecule has 2 aromatic rings. The van der Waals surface area contributed by atoms with E-state index in [9.17, 15) is 18.0 Å². The average Bonchev–Trinajstić information content (AvgIpc) is 2.91. The second kappa shape index (κ2) is 7.60. The molecule has 1 aromatic carbocycles. The van der Waals surface area contributed by atoms with Gasteiger partial charge in [-0.25, -0.2) is 13.6 Å². The molecule has 0 aliphatic rings. The number of primary sulfonamides is 1. The van der Waals surface area contributed by atoms with Crippen LogP contribution in [0.4, 0.5) is 5.69 Å². The van der Waals surface area contributed by atoms with Gasteiger partial charge in [-0.3, -0.25) is 9.59 Å². The van der Waals surface area contributed by atoms with E-state index in [2.05, 4.69) is 21.2 Å². The fourth-order valence-corrected chi connectivity index (χ4v) is 3.40. The number of amides is 2. The zero-order chi connectivity index (χ0) is 19.6. The van der Waals surface area contributed by atoms with Crippen molar-refractivity contribution in [1.82, 2.24) is 9.47 Å². The van der Waals surface area contributed by atoms with Crippen LogP contribution >= 0.6 is 15.9 Å². The molecule has 2 amide bonds. The number of benzene rings is 1. The highest BCUT2D eigenvalue weighted by Crippen LogP contribution is 2.20. The van der Waals surface area contributed by atoms with Crippen molar-refractivity contribution in [3.63, 3.8) is 0 Å². The Hall–Kier alpha value is -2.17. The molecule has 0 radical (unpaired) electrons. The van der Waals surface area contributed by atoms with Crippen LogP contribution in [0, 0.1) is 6.92 Å². The molecule has 10 heteroatoms. The predicted octanol–water partition coefficient (Wildman–Crippen LogP) is 1.45. The molecule has 0 fully saturated rings. The number of nitrogens with one attached hydrogen (secondary N) is 1. The van der Waals surface area contributed by atoms with E-state index in [1.165, 1.54) is 35.8 Å². The largest absolute Gasteiger partial charge is 0.345 e. The van der Waals surface area contributed by atoms with Crippen molar-refractivity contribution >= 4 is 43.5 Å². The Morgan fingerprint density at radius 3 is 2.50 bits per heavy atom. The normalized spacial score (nSPS) is 11.3. The molecule has 0 unspecified atom stereocenters. The standard InChI is InChI=1S/C16H19BrN4O4S/c1-10-6-11(17)4-5-13(10)19-15(22)9-21(3)16(23)14-7-12(8-20(14)2)26(18,24)25/h4-8H,9H2,1-3H3,(H,19,22)(H2,18,24,25). The van der Waals surface area contributed by atoms with E-state index in [1.807, 2.05) is 13.0 Å². The SMILES string of the molecule is Cc1cc(Br)ccc1NC(=O)CN(C)C(=O)c1cc(S(N)(=O)=O)cn1C. The van der Waals surface area contributed by atoms with Crippen LogP contribution in [-0.2, 0) is 21.9 Å². The number of hydrogen-bond donors (Lipinski definition) is 2. The Morgan fingerprint density at radius 1 is 1.31 bits per heavy atom. The summed E-state index contributed by atoms with van der Waals surface area (Å²) in [7, 11) is -0.923. The van der Waals surface area contributed by atoms with E-state index in [0.717, 1.165) is 10.0 Å². The molecule has 2 rings (SSSR count). The Labute approximate surface area is 160 Å². The molecular formula is C16H19BrN4O4S. The van der Waals surface area contributed by atoms with Crippen molar-refractivity contribution in [2.45, 2.75) is 11.8 Å². The highest BCUT2D eigenvalue weighted by atomic mass is 79.9. The first-order valence-corrected chi connectivity index (χ1v) is 9.83. The summed E-state index contributed by atoms with van der Waals surface area (Å²) in [5.41, 5.74) is 1.64. The number of sulfonamides is 1.